The van der Waals surface area contributed by atoms with Crippen LogP contribution in [0.3, 0.4) is 0 Å². The van der Waals surface area contributed by atoms with Crippen LogP contribution >= 0.6 is 0 Å². The number of esters is 1. The van der Waals surface area contributed by atoms with Crippen molar-refractivity contribution in [3.8, 4) is 23.0 Å². The number of nitrogens with two attached hydrogens (primary N) is 1. The molecule has 0 bridgehead atoms. The fourth-order valence-corrected chi connectivity index (χ4v) is 7.23. The maximum atomic E-state index is 11.7. The fourth-order valence-electron chi connectivity index (χ4n) is 7.23. The van der Waals surface area contributed by atoms with Crippen LogP contribution in [0.5, 0.6) is 23.0 Å². The monoisotopic (exact) mass is 787 g/mol. The highest BCUT2D eigenvalue weighted by molar-refractivity contribution is 5.77. The van der Waals surface area contributed by atoms with Gasteiger partial charge in [-0.2, -0.15) is 0 Å². The molecule has 0 radical (unpaired) electrons. The largest absolute Gasteiger partial charge is 0.493 e. The molecular formula is C44H70N2O10. The van der Waals surface area contributed by atoms with Crippen LogP contribution in [0.25, 0.3) is 0 Å². The molecule has 0 saturated carbocycles. The van der Waals surface area contributed by atoms with Gasteiger partial charge in [-0.05, 0) is 97.6 Å². The van der Waals surface area contributed by atoms with Crippen molar-refractivity contribution < 1.29 is 47.9 Å². The smallest absolute Gasteiger partial charge is 0.306 e. The highest BCUT2D eigenvalue weighted by atomic mass is 16.6. The number of hydrogen-bond acceptors (Lipinski definition) is 11. The first-order valence-corrected chi connectivity index (χ1v) is 20.4. The molecule has 2 saturated heterocycles. The fraction of sp³-hybridized carbons (Fsp3) is 0.682. The van der Waals surface area contributed by atoms with E-state index in [-0.39, 0.29) is 30.1 Å². The molecule has 316 valence electrons. The predicted molar refractivity (Wildman–Crippen MR) is 218 cm³/mol. The van der Waals surface area contributed by atoms with Crippen LogP contribution < -0.4 is 30.0 Å². The van der Waals surface area contributed by atoms with Gasteiger partial charge in [0.1, 0.15) is 6.10 Å². The molecule has 0 unspecified atom stereocenters. The summed E-state index contributed by atoms with van der Waals surface area (Å²) in [6, 6.07) is 11.8. The van der Waals surface area contributed by atoms with Gasteiger partial charge in [-0.25, -0.2) is 0 Å². The zero-order chi connectivity index (χ0) is 41.0. The molecule has 12 nitrogen and oxygen atoms in total. The molecular weight excluding hydrogens is 716 g/mol. The van der Waals surface area contributed by atoms with Crippen molar-refractivity contribution in [3.05, 3.63) is 47.5 Å². The summed E-state index contributed by atoms with van der Waals surface area (Å²) in [5.41, 5.74) is 8.73. The first kappa shape index (κ1) is 46.8. The molecule has 0 aromatic heterocycles. The Kier molecular flexibility index (Phi) is 20.8. The van der Waals surface area contributed by atoms with E-state index in [0.717, 1.165) is 73.5 Å². The van der Waals surface area contributed by atoms with Crippen molar-refractivity contribution in [2.24, 2.45) is 29.4 Å². The Balaban J connectivity index is 0.000000300. The SMILES string of the molecule is COCCCOc1cc(C[C@@H](C[C@@H]2NC(=O)CC[C@@H]2O)C(C)C)ccc1OC.COCCCOc1cc(C[C@@H](C[C@H](N)[C@@H]2CCC(=O)O2)C(C)C)ccc1OC. The van der Waals surface area contributed by atoms with Crippen LogP contribution in [0.15, 0.2) is 36.4 Å². The summed E-state index contributed by atoms with van der Waals surface area (Å²) in [5, 5.41) is 13.2. The number of aliphatic hydroxyl groups excluding tert-OH is 1. The van der Waals surface area contributed by atoms with Crippen LogP contribution in [-0.4, -0.2) is 96.1 Å². The Morgan fingerprint density at radius 3 is 1.75 bits per heavy atom. The lowest BCUT2D eigenvalue weighted by atomic mass is 9.81. The average molecular weight is 787 g/mol. The van der Waals surface area contributed by atoms with Crippen molar-refractivity contribution in [2.45, 2.75) is 116 Å². The zero-order valence-electron chi connectivity index (χ0n) is 35.2. The van der Waals surface area contributed by atoms with Gasteiger partial charge >= 0.3 is 5.97 Å². The first-order valence-electron chi connectivity index (χ1n) is 20.4. The second kappa shape index (κ2) is 24.9. The number of rotatable bonds is 23. The van der Waals surface area contributed by atoms with Crippen molar-refractivity contribution in [1.29, 1.82) is 0 Å². The van der Waals surface area contributed by atoms with E-state index in [1.807, 2.05) is 18.2 Å². The van der Waals surface area contributed by atoms with E-state index in [1.54, 1.807) is 28.4 Å². The van der Waals surface area contributed by atoms with E-state index in [1.165, 1.54) is 5.56 Å². The summed E-state index contributed by atoms with van der Waals surface area (Å²) in [6.45, 7) is 11.3. The van der Waals surface area contributed by atoms with Gasteiger partial charge in [-0.1, -0.05) is 39.8 Å². The topological polar surface area (TPSA) is 157 Å². The lowest BCUT2D eigenvalue weighted by Crippen LogP contribution is -2.49. The Bertz CT molecular complexity index is 1450. The number of hydrogen-bond donors (Lipinski definition) is 3. The molecule has 6 atom stereocenters. The van der Waals surface area contributed by atoms with E-state index >= 15 is 0 Å². The minimum absolute atomic E-state index is 0.0361. The average Bonchev–Trinajstić information content (AvgIpc) is 3.62. The number of piperidine rings is 1. The zero-order valence-corrected chi connectivity index (χ0v) is 35.2. The minimum atomic E-state index is -0.463. The molecule has 4 rings (SSSR count). The Morgan fingerprint density at radius 2 is 1.29 bits per heavy atom. The summed E-state index contributed by atoms with van der Waals surface area (Å²) in [7, 11) is 6.65. The third-order valence-corrected chi connectivity index (χ3v) is 10.8. The second-order valence-electron chi connectivity index (χ2n) is 15.8. The predicted octanol–water partition coefficient (Wildman–Crippen LogP) is 6.30. The number of carbonyl (C=O) groups excluding carboxylic acids is 2. The maximum absolute atomic E-state index is 11.7. The third-order valence-electron chi connectivity index (χ3n) is 10.8. The summed E-state index contributed by atoms with van der Waals surface area (Å²) >= 11 is 0. The molecule has 2 aliphatic heterocycles. The summed E-state index contributed by atoms with van der Waals surface area (Å²) in [4.78, 5) is 23.1. The highest BCUT2D eigenvalue weighted by Crippen LogP contribution is 2.33. The van der Waals surface area contributed by atoms with Gasteiger partial charge in [-0.15, -0.1) is 0 Å². The van der Waals surface area contributed by atoms with Crippen LogP contribution in [0.2, 0.25) is 0 Å². The molecule has 1 amide bonds. The van der Waals surface area contributed by atoms with Crippen molar-refractivity contribution in [1.82, 2.24) is 5.32 Å². The molecule has 0 aliphatic carbocycles. The van der Waals surface area contributed by atoms with Gasteiger partial charge in [0.05, 0.1) is 39.6 Å². The Hall–Kier alpha value is -3.58. The van der Waals surface area contributed by atoms with E-state index in [9.17, 15) is 14.7 Å². The molecule has 2 fully saturated rings. The normalized spacial score (nSPS) is 19.8. The number of aliphatic hydroxyl groups is 1. The number of benzene rings is 2. The maximum Gasteiger partial charge on any atom is 0.306 e. The molecule has 2 aliphatic rings. The lowest BCUT2D eigenvalue weighted by Gasteiger charge is -2.33. The second-order valence-corrected chi connectivity index (χ2v) is 15.8. The van der Waals surface area contributed by atoms with Crippen LogP contribution in [-0.2, 0) is 36.6 Å². The van der Waals surface area contributed by atoms with Crippen molar-refractivity contribution >= 4 is 11.9 Å². The number of carbonyl (C=O) groups is 2. The molecule has 12 heteroatoms. The van der Waals surface area contributed by atoms with Gasteiger partial charge in [0, 0.05) is 59.2 Å². The molecule has 2 heterocycles. The van der Waals surface area contributed by atoms with Crippen LogP contribution in [0, 0.1) is 23.7 Å². The molecule has 2 aromatic rings. The minimum Gasteiger partial charge on any atom is -0.493 e. The highest BCUT2D eigenvalue weighted by Gasteiger charge is 2.32. The van der Waals surface area contributed by atoms with E-state index in [4.69, 9.17) is 38.9 Å². The number of cyclic esters (lactones) is 1. The van der Waals surface area contributed by atoms with E-state index in [0.29, 0.717) is 69.4 Å². The first-order chi connectivity index (χ1) is 26.9. The molecule has 0 spiro atoms. The third kappa shape index (κ3) is 15.8. The molecule has 56 heavy (non-hydrogen) atoms. The lowest BCUT2D eigenvalue weighted by molar-refractivity contribution is -0.142. The van der Waals surface area contributed by atoms with Gasteiger partial charge < -0.3 is 49.3 Å². The van der Waals surface area contributed by atoms with E-state index in [2.05, 4.69) is 51.2 Å². The number of nitrogens with one attached hydrogen (secondary N) is 1. The summed E-state index contributed by atoms with van der Waals surface area (Å²) in [6.07, 6.45) is 6.53. The van der Waals surface area contributed by atoms with Gasteiger partial charge in [-0.3, -0.25) is 9.59 Å². The molecule has 4 N–H and O–H groups in total. The summed E-state index contributed by atoms with van der Waals surface area (Å²) < 4.78 is 38.1. The standard InChI is InChI=1S/2C22H35NO5/c1-15(2)17(14-18-19(24)7-9-22(25)23-18)12-16-6-8-20(27-4)21(13-16)28-11-5-10-26-3;1-15(2)17(14-18(23)19-8-9-22(24)28-19)12-16-6-7-20(26-4)21(13-16)27-11-5-10-25-3/h6,8,13,15,17-19,24H,5,7,9-12,14H2,1-4H3,(H,23,25);6-7,13,15,17-19H,5,8-12,14,23H2,1-4H3/t2*17-,18-,19-/m00/s1. The Morgan fingerprint density at radius 1 is 0.750 bits per heavy atom. The van der Waals surface area contributed by atoms with Crippen LogP contribution in [0.4, 0.5) is 0 Å². The summed E-state index contributed by atoms with van der Waals surface area (Å²) in [5.74, 6) is 4.49. The Labute approximate surface area is 335 Å². The quantitative estimate of drug-likeness (QED) is 0.0858. The van der Waals surface area contributed by atoms with Crippen molar-refractivity contribution in [3.63, 3.8) is 0 Å². The van der Waals surface area contributed by atoms with E-state index < -0.39 is 6.10 Å². The van der Waals surface area contributed by atoms with Gasteiger partial charge in [0.2, 0.25) is 5.91 Å². The number of amides is 1. The van der Waals surface area contributed by atoms with Gasteiger partial charge in [0.25, 0.3) is 0 Å². The van der Waals surface area contributed by atoms with Gasteiger partial charge in [0.15, 0.2) is 23.0 Å². The van der Waals surface area contributed by atoms with Crippen molar-refractivity contribution in [2.75, 3.05) is 54.9 Å². The number of ether oxygens (including phenoxy) is 7. The number of methoxy groups -OCH3 is 4. The molecule has 2 aromatic carbocycles. The van der Waals surface area contributed by atoms with Crippen LogP contribution in [0.1, 0.15) is 90.2 Å².